The number of hydrogen-bond acceptors (Lipinski definition) is 3. The third-order valence-corrected chi connectivity index (χ3v) is 2.50. The van der Waals surface area contributed by atoms with Gasteiger partial charge >= 0.3 is 6.18 Å². The molecule has 0 aliphatic rings. The molecule has 0 spiro atoms. The lowest BCUT2D eigenvalue weighted by molar-refractivity contribution is -0.170. The molecule has 6 heteroatoms. The fourth-order valence-corrected chi connectivity index (χ4v) is 1.42. The molecule has 0 amide bonds. The van der Waals surface area contributed by atoms with Gasteiger partial charge in [0.05, 0.1) is 6.42 Å². The number of rotatable bonds is 5. The van der Waals surface area contributed by atoms with Crippen LogP contribution in [0.4, 0.5) is 13.2 Å². The lowest BCUT2D eigenvalue weighted by Gasteiger charge is -2.04. The first-order chi connectivity index (χ1) is 8.84. The number of hydrogen-bond donors (Lipinski definition) is 1. The molecule has 0 bridgehead atoms. The molecular formula is C13H11F3O2S. The number of benzene rings is 1. The number of halogens is 3. The van der Waals surface area contributed by atoms with Crippen LogP contribution in [-0.2, 0) is 4.79 Å². The van der Waals surface area contributed by atoms with Crippen LogP contribution in [0.1, 0.15) is 22.3 Å². The van der Waals surface area contributed by atoms with Crippen molar-refractivity contribution in [3.63, 3.8) is 0 Å². The molecule has 19 heavy (non-hydrogen) atoms. The van der Waals surface area contributed by atoms with E-state index >= 15 is 0 Å². The van der Waals surface area contributed by atoms with Gasteiger partial charge in [-0.2, -0.15) is 25.8 Å². The van der Waals surface area contributed by atoms with Crippen LogP contribution in [0.3, 0.4) is 0 Å². The van der Waals surface area contributed by atoms with Crippen LogP contribution in [0.15, 0.2) is 30.3 Å². The highest BCUT2D eigenvalue weighted by Crippen LogP contribution is 2.19. The maximum absolute atomic E-state index is 12.0. The molecule has 102 valence electrons. The van der Waals surface area contributed by atoms with Crippen LogP contribution < -0.4 is 0 Å². The number of carbonyl (C=O) groups is 2. The van der Waals surface area contributed by atoms with Crippen LogP contribution in [0.25, 0.3) is 6.08 Å². The Balaban J connectivity index is 2.73. The average molecular weight is 288 g/mol. The van der Waals surface area contributed by atoms with Crippen LogP contribution in [-0.4, -0.2) is 23.5 Å². The molecule has 1 aromatic rings. The highest BCUT2D eigenvalue weighted by Gasteiger charge is 2.39. The largest absolute Gasteiger partial charge is 0.450 e. The minimum Gasteiger partial charge on any atom is -0.294 e. The zero-order valence-electron chi connectivity index (χ0n) is 9.78. The molecule has 0 aromatic heterocycles. The second-order valence-electron chi connectivity index (χ2n) is 3.73. The predicted molar refractivity (Wildman–Crippen MR) is 69.3 cm³/mol. The summed E-state index contributed by atoms with van der Waals surface area (Å²) in [5, 5.41) is 0. The molecule has 0 saturated heterocycles. The minimum absolute atomic E-state index is 0.0839. The van der Waals surface area contributed by atoms with E-state index in [-0.39, 0.29) is 5.56 Å². The van der Waals surface area contributed by atoms with Gasteiger partial charge in [-0.15, -0.1) is 0 Å². The predicted octanol–water partition coefficient (Wildman–Crippen LogP) is 3.33. The van der Waals surface area contributed by atoms with Gasteiger partial charge in [0, 0.05) is 11.3 Å². The number of alkyl halides is 3. The van der Waals surface area contributed by atoms with Crippen LogP contribution in [0, 0.1) is 0 Å². The summed E-state index contributed by atoms with van der Waals surface area (Å²) in [7, 11) is 0. The van der Waals surface area contributed by atoms with E-state index < -0.39 is 24.2 Å². The van der Waals surface area contributed by atoms with Crippen molar-refractivity contribution in [3.8, 4) is 0 Å². The first-order valence-electron chi connectivity index (χ1n) is 5.35. The molecule has 0 unspecified atom stereocenters. The Hall–Kier alpha value is -1.56. The van der Waals surface area contributed by atoms with Crippen molar-refractivity contribution in [2.24, 2.45) is 0 Å². The molecule has 0 fully saturated rings. The van der Waals surface area contributed by atoms with E-state index in [0.29, 0.717) is 5.75 Å². The van der Waals surface area contributed by atoms with Crippen LogP contribution in [0.5, 0.6) is 0 Å². The van der Waals surface area contributed by atoms with Crippen molar-refractivity contribution in [2.45, 2.75) is 12.6 Å². The number of carbonyl (C=O) groups excluding carboxylic acids is 2. The molecule has 0 radical (unpaired) electrons. The molecular weight excluding hydrogens is 277 g/mol. The minimum atomic E-state index is -4.97. The molecule has 0 aliphatic carbocycles. The van der Waals surface area contributed by atoms with Crippen LogP contribution >= 0.6 is 12.6 Å². The summed E-state index contributed by atoms with van der Waals surface area (Å²) in [6, 6.07) is 5.96. The van der Waals surface area contributed by atoms with Crippen molar-refractivity contribution >= 4 is 30.3 Å². The molecule has 2 nitrogen and oxygen atoms in total. The van der Waals surface area contributed by atoms with E-state index in [2.05, 4.69) is 12.6 Å². The first-order valence-corrected chi connectivity index (χ1v) is 5.98. The maximum atomic E-state index is 12.0. The van der Waals surface area contributed by atoms with E-state index in [1.165, 1.54) is 12.1 Å². The summed E-state index contributed by atoms with van der Waals surface area (Å²) >= 11 is 3.98. The van der Waals surface area contributed by atoms with Gasteiger partial charge < -0.3 is 0 Å². The summed E-state index contributed by atoms with van der Waals surface area (Å²) in [6.45, 7) is 0. The number of Topliss-reactive ketones (excluding diaryl/α,β-unsaturated/α-hetero) is 2. The Morgan fingerprint density at radius 1 is 1.16 bits per heavy atom. The Morgan fingerprint density at radius 3 is 2.21 bits per heavy atom. The van der Waals surface area contributed by atoms with Gasteiger partial charge in [-0.05, 0) is 5.56 Å². The molecule has 0 N–H and O–H groups in total. The summed E-state index contributed by atoms with van der Waals surface area (Å²) in [6.07, 6.45) is -2.57. The highest BCUT2D eigenvalue weighted by molar-refractivity contribution is 7.80. The van der Waals surface area contributed by atoms with Gasteiger partial charge in [0.15, 0.2) is 5.78 Å². The van der Waals surface area contributed by atoms with Gasteiger partial charge in [0.2, 0.25) is 5.78 Å². The topological polar surface area (TPSA) is 34.1 Å². The van der Waals surface area contributed by atoms with E-state index in [0.717, 1.165) is 5.56 Å². The summed E-state index contributed by atoms with van der Waals surface area (Å²) < 4.78 is 36.0. The van der Waals surface area contributed by atoms with E-state index in [9.17, 15) is 22.8 Å². The monoisotopic (exact) mass is 288 g/mol. The van der Waals surface area contributed by atoms with Crippen molar-refractivity contribution < 1.29 is 22.8 Å². The first kappa shape index (κ1) is 15.5. The van der Waals surface area contributed by atoms with Crippen molar-refractivity contribution in [1.82, 2.24) is 0 Å². The SMILES string of the molecule is O=C(CC(=O)C(F)(F)F)c1ccc(C=CCS)cc1. The van der Waals surface area contributed by atoms with Gasteiger partial charge in [0.25, 0.3) is 0 Å². The van der Waals surface area contributed by atoms with Gasteiger partial charge in [-0.1, -0.05) is 36.4 Å². The Bertz CT molecular complexity index is 490. The third-order valence-electron chi connectivity index (χ3n) is 2.29. The fraction of sp³-hybridized carbons (Fsp3) is 0.231. The Labute approximate surface area is 113 Å². The molecule has 0 atom stereocenters. The number of thiol groups is 1. The standard InChI is InChI=1S/C13H11F3O2S/c14-13(15,16)12(18)8-11(17)10-5-3-9(4-6-10)2-1-7-19/h1-6,19H,7-8H2. The zero-order chi connectivity index (χ0) is 14.5. The molecule has 0 heterocycles. The van der Waals surface area contributed by atoms with Gasteiger partial charge in [-0.25, -0.2) is 0 Å². The normalized spacial score (nSPS) is 11.8. The van der Waals surface area contributed by atoms with Crippen LogP contribution in [0.2, 0.25) is 0 Å². The number of ketones is 2. The van der Waals surface area contributed by atoms with Crippen molar-refractivity contribution in [2.75, 3.05) is 5.75 Å². The third kappa shape index (κ3) is 4.90. The molecule has 1 rings (SSSR count). The maximum Gasteiger partial charge on any atom is 0.450 e. The fourth-order valence-electron chi connectivity index (χ4n) is 1.32. The van der Waals surface area contributed by atoms with Gasteiger partial charge in [0.1, 0.15) is 0 Å². The second-order valence-corrected chi connectivity index (χ2v) is 4.09. The summed E-state index contributed by atoms with van der Waals surface area (Å²) in [5.74, 6) is -2.32. The van der Waals surface area contributed by atoms with Crippen molar-refractivity contribution in [1.29, 1.82) is 0 Å². The summed E-state index contributed by atoms with van der Waals surface area (Å²) in [4.78, 5) is 22.2. The molecule has 1 aromatic carbocycles. The molecule has 0 saturated carbocycles. The molecule has 0 aliphatic heterocycles. The summed E-state index contributed by atoms with van der Waals surface area (Å²) in [5.41, 5.74) is 0.883. The second kappa shape index (κ2) is 6.56. The van der Waals surface area contributed by atoms with E-state index in [1.807, 2.05) is 0 Å². The average Bonchev–Trinajstić information content (AvgIpc) is 2.35. The smallest absolute Gasteiger partial charge is 0.294 e. The highest BCUT2D eigenvalue weighted by atomic mass is 32.1. The van der Waals surface area contributed by atoms with Gasteiger partial charge in [-0.3, -0.25) is 9.59 Å². The Kier molecular flexibility index (Phi) is 5.35. The van der Waals surface area contributed by atoms with Crippen molar-refractivity contribution in [3.05, 3.63) is 41.5 Å². The lowest BCUT2D eigenvalue weighted by Crippen LogP contribution is -2.25. The van der Waals surface area contributed by atoms with E-state index in [1.54, 1.807) is 24.3 Å². The van der Waals surface area contributed by atoms with E-state index in [4.69, 9.17) is 0 Å². The zero-order valence-corrected chi connectivity index (χ0v) is 10.7. The lowest BCUT2D eigenvalue weighted by atomic mass is 10.0. The Morgan fingerprint density at radius 2 is 1.74 bits per heavy atom. The quantitative estimate of drug-likeness (QED) is 0.512.